The van der Waals surface area contributed by atoms with Crippen LogP contribution in [0.3, 0.4) is 0 Å². The van der Waals surface area contributed by atoms with E-state index in [4.69, 9.17) is 14.2 Å². The van der Waals surface area contributed by atoms with E-state index in [-0.39, 0.29) is 17.9 Å². The summed E-state index contributed by atoms with van der Waals surface area (Å²) in [6.07, 6.45) is -3.53. The zero-order chi connectivity index (χ0) is 25.1. The molecule has 0 radical (unpaired) electrons. The second-order valence-electron chi connectivity index (χ2n) is 9.89. The third kappa shape index (κ3) is 3.52. The van der Waals surface area contributed by atoms with Gasteiger partial charge in [0, 0.05) is 35.0 Å². The molecule has 4 aliphatic heterocycles. The highest BCUT2D eigenvalue weighted by Gasteiger charge is 2.51. The zero-order valence-electron chi connectivity index (χ0n) is 19.6. The van der Waals surface area contributed by atoms with Gasteiger partial charge in [-0.1, -0.05) is 24.3 Å². The van der Waals surface area contributed by atoms with Gasteiger partial charge in [0.1, 0.15) is 24.4 Å². The minimum Gasteiger partial charge on any atom is -0.471 e. The van der Waals surface area contributed by atoms with Gasteiger partial charge in [-0.15, -0.1) is 6.58 Å². The molecule has 10 heteroatoms. The summed E-state index contributed by atoms with van der Waals surface area (Å²) in [4.78, 5) is 19.0. The molecule has 6 rings (SSSR count). The number of carbonyl (C=O) groups excluding carboxylic acids is 1. The molecule has 5 N–H and O–H groups in total. The highest BCUT2D eigenvalue weighted by Crippen LogP contribution is 2.48. The van der Waals surface area contributed by atoms with Crippen LogP contribution in [-0.4, -0.2) is 86.4 Å². The number of H-pyrrole nitrogens is 1. The maximum atomic E-state index is 13.5. The van der Waals surface area contributed by atoms with Gasteiger partial charge in [0.2, 0.25) is 6.29 Å². The lowest BCUT2D eigenvalue weighted by molar-refractivity contribution is -0.339. The first kappa shape index (κ1) is 23.7. The first-order valence-corrected chi connectivity index (χ1v) is 12.3. The number of rotatable bonds is 4. The summed E-state index contributed by atoms with van der Waals surface area (Å²) in [5.41, 5.74) is 3.89. The second kappa shape index (κ2) is 8.98. The summed E-state index contributed by atoms with van der Waals surface area (Å²) in [6, 6.07) is 8.01. The minimum absolute atomic E-state index is 0.0845. The van der Waals surface area contributed by atoms with Crippen LogP contribution in [0.4, 0.5) is 0 Å². The van der Waals surface area contributed by atoms with E-state index in [9.17, 15) is 25.2 Å². The number of nitrogens with zero attached hydrogens (tertiary/aromatic N) is 1. The van der Waals surface area contributed by atoms with Crippen LogP contribution in [-0.2, 0) is 25.4 Å². The minimum atomic E-state index is -1.56. The summed E-state index contributed by atoms with van der Waals surface area (Å²) < 4.78 is 17.2. The molecule has 0 saturated carbocycles. The van der Waals surface area contributed by atoms with E-state index in [2.05, 4.69) is 17.6 Å². The van der Waals surface area contributed by atoms with Gasteiger partial charge in [-0.25, -0.2) is 0 Å². The van der Waals surface area contributed by atoms with E-state index in [0.29, 0.717) is 18.5 Å². The number of fused-ring (bicyclic) bond motifs is 6. The van der Waals surface area contributed by atoms with Crippen LogP contribution in [0, 0.1) is 11.8 Å². The fourth-order valence-electron chi connectivity index (χ4n) is 6.13. The highest BCUT2D eigenvalue weighted by atomic mass is 16.8. The van der Waals surface area contributed by atoms with Crippen molar-refractivity contribution < 1.29 is 39.4 Å². The topological polar surface area (TPSA) is 145 Å². The maximum absolute atomic E-state index is 13.5. The van der Waals surface area contributed by atoms with Crippen LogP contribution in [0.15, 0.2) is 48.8 Å². The molecule has 36 heavy (non-hydrogen) atoms. The number of para-hydroxylation sites is 1. The number of aliphatic hydroxyl groups excluding tert-OH is 4. The Morgan fingerprint density at radius 3 is 2.75 bits per heavy atom. The maximum Gasteiger partial charge on any atom is 0.253 e. The molecule has 9 atom stereocenters. The molecular formula is C26H30N2O8. The molecule has 0 aliphatic carbocycles. The molecule has 2 fully saturated rings. The van der Waals surface area contributed by atoms with Crippen molar-refractivity contribution in [1.82, 2.24) is 9.88 Å². The average Bonchev–Trinajstić information content (AvgIpc) is 3.28. The second-order valence-corrected chi connectivity index (χ2v) is 9.89. The number of benzene rings is 1. The fourth-order valence-corrected chi connectivity index (χ4v) is 6.13. The number of hydrogen-bond acceptors (Lipinski definition) is 8. The molecule has 1 aromatic carbocycles. The highest BCUT2D eigenvalue weighted by molar-refractivity contribution is 5.96. The zero-order valence-corrected chi connectivity index (χ0v) is 19.6. The van der Waals surface area contributed by atoms with E-state index in [0.717, 1.165) is 17.6 Å². The summed E-state index contributed by atoms with van der Waals surface area (Å²) in [5.74, 6) is -0.783. The largest absolute Gasteiger partial charge is 0.471 e. The van der Waals surface area contributed by atoms with Gasteiger partial charge in [0.05, 0.1) is 24.5 Å². The Hall–Kier alpha value is -2.73. The number of hydrogen-bond donors (Lipinski definition) is 5. The van der Waals surface area contributed by atoms with Gasteiger partial charge in [-0.3, -0.25) is 4.79 Å². The number of nitrogens with one attached hydrogen (secondary N) is 1. The molecule has 4 aliphatic rings. The van der Waals surface area contributed by atoms with Crippen LogP contribution in [0.1, 0.15) is 23.7 Å². The quantitative estimate of drug-likeness (QED) is 0.383. The van der Waals surface area contributed by atoms with E-state index >= 15 is 0 Å². The fraction of sp³-hybridized carbons (Fsp3) is 0.500. The molecule has 1 aromatic heterocycles. The summed E-state index contributed by atoms with van der Waals surface area (Å²) in [6.45, 7) is 4.01. The molecule has 192 valence electrons. The molecule has 0 bridgehead atoms. The van der Waals surface area contributed by atoms with Gasteiger partial charge in [0.15, 0.2) is 6.29 Å². The summed E-state index contributed by atoms with van der Waals surface area (Å²) >= 11 is 0. The van der Waals surface area contributed by atoms with Crippen LogP contribution in [0.5, 0.6) is 0 Å². The Balaban J connectivity index is 1.28. The lowest BCUT2D eigenvalue weighted by Gasteiger charge is -2.48. The Morgan fingerprint density at radius 1 is 1.17 bits per heavy atom. The molecule has 1 unspecified atom stereocenters. The van der Waals surface area contributed by atoms with Crippen molar-refractivity contribution in [3.63, 3.8) is 0 Å². The lowest BCUT2D eigenvalue weighted by atomic mass is 9.74. The van der Waals surface area contributed by atoms with E-state index in [1.54, 1.807) is 6.08 Å². The van der Waals surface area contributed by atoms with Crippen LogP contribution in [0.2, 0.25) is 0 Å². The van der Waals surface area contributed by atoms with E-state index in [1.807, 2.05) is 23.1 Å². The molecular weight excluding hydrogens is 468 g/mol. The lowest BCUT2D eigenvalue weighted by Crippen LogP contribution is -2.60. The Labute approximate surface area is 207 Å². The predicted molar refractivity (Wildman–Crippen MR) is 126 cm³/mol. The Morgan fingerprint density at radius 2 is 1.97 bits per heavy atom. The van der Waals surface area contributed by atoms with Crippen molar-refractivity contribution in [2.75, 3.05) is 13.2 Å². The summed E-state index contributed by atoms with van der Waals surface area (Å²) in [5, 5.41) is 41.3. The standard InChI is InChI=1S/C26H30N2O8/c1-2-12-15-9-18-20-14(13-5-3-4-6-17(13)27-20)7-8-28(18)24(33)16(15)11-34-25(12)36-26-23(32)22(31)21(30)19(10-29)35-26/h2-6,11-12,15,18-19,21-23,25-27,29-32H,1,7-10H2/t12-,15+,18-,19-,21-,22+,23-,25?,26+/m0/s1. The van der Waals surface area contributed by atoms with Gasteiger partial charge in [-0.2, -0.15) is 0 Å². The molecule has 1 amide bonds. The predicted octanol–water partition coefficient (Wildman–Crippen LogP) is 0.473. The average molecular weight is 499 g/mol. The molecule has 2 aromatic rings. The monoisotopic (exact) mass is 498 g/mol. The number of ether oxygens (including phenoxy) is 3. The van der Waals surface area contributed by atoms with Gasteiger partial charge >= 0.3 is 0 Å². The number of piperidine rings is 1. The number of aromatic amines is 1. The Bertz CT molecular complexity index is 1210. The van der Waals surface area contributed by atoms with Crippen molar-refractivity contribution >= 4 is 16.8 Å². The van der Waals surface area contributed by atoms with Crippen molar-refractivity contribution in [2.45, 2.75) is 55.9 Å². The van der Waals surface area contributed by atoms with Gasteiger partial charge in [-0.05, 0) is 24.5 Å². The first-order chi connectivity index (χ1) is 17.4. The number of aliphatic hydroxyl groups is 4. The van der Waals surface area contributed by atoms with Crippen molar-refractivity contribution in [2.24, 2.45) is 11.8 Å². The third-order valence-electron chi connectivity index (χ3n) is 8.04. The SMILES string of the molecule is C=C[C@@H]1C(O[C@H]2O[C@@H](CO)[C@H](O)[C@@H](O)[C@@H]2O)OC=C2C(=O)N3CCc4c([nH]c5ccccc45)[C@@H]3C[C@@H]21. The number of aromatic nitrogens is 1. The van der Waals surface area contributed by atoms with Crippen molar-refractivity contribution in [3.05, 3.63) is 60.0 Å². The van der Waals surface area contributed by atoms with Crippen LogP contribution in [0.25, 0.3) is 10.9 Å². The van der Waals surface area contributed by atoms with Gasteiger partial charge in [0.25, 0.3) is 5.91 Å². The smallest absolute Gasteiger partial charge is 0.253 e. The third-order valence-corrected chi connectivity index (χ3v) is 8.04. The molecule has 0 spiro atoms. The normalized spacial score (nSPS) is 38.0. The first-order valence-electron chi connectivity index (χ1n) is 12.3. The molecule has 2 saturated heterocycles. The van der Waals surface area contributed by atoms with Gasteiger partial charge < -0.3 is 44.5 Å². The Kier molecular flexibility index (Phi) is 5.90. The van der Waals surface area contributed by atoms with Crippen LogP contribution >= 0.6 is 0 Å². The van der Waals surface area contributed by atoms with Crippen LogP contribution < -0.4 is 0 Å². The van der Waals surface area contributed by atoms with Crippen molar-refractivity contribution in [1.29, 1.82) is 0 Å². The number of amides is 1. The molecule has 5 heterocycles. The van der Waals surface area contributed by atoms with E-state index in [1.165, 1.54) is 17.2 Å². The van der Waals surface area contributed by atoms with E-state index < -0.39 is 49.5 Å². The molecule has 10 nitrogen and oxygen atoms in total. The van der Waals surface area contributed by atoms with Crippen molar-refractivity contribution in [3.8, 4) is 0 Å². The number of carbonyl (C=O) groups is 1. The summed E-state index contributed by atoms with van der Waals surface area (Å²) in [7, 11) is 0.